The van der Waals surface area contributed by atoms with Crippen molar-refractivity contribution < 1.29 is 9.53 Å². The van der Waals surface area contributed by atoms with Crippen molar-refractivity contribution in [2.75, 3.05) is 14.2 Å². The zero-order valence-corrected chi connectivity index (χ0v) is 7.28. The van der Waals surface area contributed by atoms with E-state index in [1.54, 1.807) is 18.2 Å². The van der Waals surface area contributed by atoms with Crippen molar-refractivity contribution in [1.29, 1.82) is 0 Å². The maximum absolute atomic E-state index is 11.0. The van der Waals surface area contributed by atoms with E-state index in [4.69, 9.17) is 0 Å². The van der Waals surface area contributed by atoms with Gasteiger partial charge in [0, 0.05) is 6.21 Å². The van der Waals surface area contributed by atoms with Crippen molar-refractivity contribution in [1.82, 2.24) is 4.90 Å². The Bertz CT molecular complexity index is 195. The molecular weight excluding hydrogens is 164 g/mol. The highest BCUT2D eigenvalue weighted by molar-refractivity contribution is 7.80. The summed E-state index contributed by atoms with van der Waals surface area (Å²) in [5.74, 6) is -0.298. The molecule has 2 atom stereocenters. The van der Waals surface area contributed by atoms with Crippen LogP contribution in [0.5, 0.6) is 0 Å². The molecule has 0 aromatic heterocycles. The Labute approximate surface area is 70.6 Å². The molecule has 2 unspecified atom stereocenters. The summed E-state index contributed by atoms with van der Waals surface area (Å²) in [6.07, 6.45) is 1.55. The summed E-state index contributed by atoms with van der Waals surface area (Å²) >= 11 is 4.10. The van der Waals surface area contributed by atoms with Gasteiger partial charge in [-0.2, -0.15) is 0 Å². The van der Waals surface area contributed by atoms with E-state index in [9.17, 15) is 4.79 Å². The second-order valence-corrected chi connectivity index (χ2v) is 2.74. The summed E-state index contributed by atoms with van der Waals surface area (Å²) in [7, 11) is 3.13. The number of methoxy groups -OCH3 is 1. The lowest BCUT2D eigenvalue weighted by Gasteiger charge is -2.18. The van der Waals surface area contributed by atoms with E-state index < -0.39 is 0 Å². The van der Waals surface area contributed by atoms with Gasteiger partial charge >= 0.3 is 5.97 Å². The maximum Gasteiger partial charge on any atom is 0.328 e. The van der Waals surface area contributed by atoms with Crippen LogP contribution in [0.25, 0.3) is 0 Å². The molecule has 0 fully saturated rings. The van der Waals surface area contributed by atoms with Crippen LogP contribution in [0.1, 0.15) is 0 Å². The topological polar surface area (TPSA) is 41.9 Å². The fraction of sp³-hybridized carbons (Fsp3) is 0.667. The van der Waals surface area contributed by atoms with Gasteiger partial charge in [-0.05, 0) is 7.05 Å². The SMILES string of the molecule is COC(=O)C1C=NC(S)N1C. The molecule has 1 aliphatic heterocycles. The number of thiol groups is 1. The maximum atomic E-state index is 11.0. The lowest BCUT2D eigenvalue weighted by Crippen LogP contribution is -2.38. The van der Waals surface area contributed by atoms with Crippen molar-refractivity contribution in [3.8, 4) is 0 Å². The van der Waals surface area contributed by atoms with Crippen LogP contribution in [-0.4, -0.2) is 42.8 Å². The largest absolute Gasteiger partial charge is 0.468 e. The fourth-order valence-corrected chi connectivity index (χ4v) is 1.08. The number of carbonyl (C=O) groups excluding carboxylic acids is 1. The van der Waals surface area contributed by atoms with Gasteiger partial charge in [-0.25, -0.2) is 4.79 Å². The number of esters is 1. The van der Waals surface area contributed by atoms with Crippen LogP contribution < -0.4 is 0 Å². The molecular formula is C6H10N2O2S. The summed E-state index contributed by atoms with van der Waals surface area (Å²) in [4.78, 5) is 16.6. The van der Waals surface area contributed by atoms with Gasteiger partial charge < -0.3 is 4.74 Å². The minimum atomic E-state index is -0.373. The predicted molar refractivity (Wildman–Crippen MR) is 44.8 cm³/mol. The highest BCUT2D eigenvalue weighted by atomic mass is 32.1. The van der Waals surface area contributed by atoms with Crippen molar-refractivity contribution >= 4 is 24.8 Å². The third kappa shape index (κ3) is 1.54. The van der Waals surface area contributed by atoms with E-state index in [2.05, 4.69) is 22.4 Å². The van der Waals surface area contributed by atoms with Crippen molar-refractivity contribution in [3.63, 3.8) is 0 Å². The quantitative estimate of drug-likeness (QED) is 0.440. The van der Waals surface area contributed by atoms with Gasteiger partial charge in [-0.15, -0.1) is 12.6 Å². The molecule has 4 nitrogen and oxygen atoms in total. The molecule has 0 aromatic carbocycles. The number of aliphatic imine (C=N–C) groups is 1. The summed E-state index contributed by atoms with van der Waals surface area (Å²) < 4.78 is 4.55. The van der Waals surface area contributed by atoms with Gasteiger partial charge in [0.25, 0.3) is 0 Å². The number of likely N-dealkylation sites (N-methyl/N-ethyl adjacent to an activating group) is 1. The molecule has 0 saturated heterocycles. The Hall–Kier alpha value is -0.550. The molecule has 0 aromatic rings. The lowest BCUT2D eigenvalue weighted by molar-refractivity contribution is -0.143. The third-order valence-electron chi connectivity index (χ3n) is 1.61. The molecule has 1 heterocycles. The number of ether oxygens (including phenoxy) is 1. The van der Waals surface area contributed by atoms with Crippen LogP contribution in [0.2, 0.25) is 0 Å². The second-order valence-electron chi connectivity index (χ2n) is 2.28. The summed E-state index contributed by atoms with van der Waals surface area (Å²) in [5, 5.41) is 0. The van der Waals surface area contributed by atoms with Crippen LogP contribution >= 0.6 is 12.6 Å². The zero-order valence-electron chi connectivity index (χ0n) is 6.39. The molecule has 0 N–H and O–H groups in total. The summed E-state index contributed by atoms with van der Waals surface area (Å²) in [6.45, 7) is 0. The minimum absolute atomic E-state index is 0.223. The van der Waals surface area contributed by atoms with Crippen molar-refractivity contribution in [2.45, 2.75) is 11.5 Å². The van der Waals surface area contributed by atoms with Gasteiger partial charge in [-0.1, -0.05) is 0 Å². The number of carbonyl (C=O) groups is 1. The smallest absolute Gasteiger partial charge is 0.328 e. The average molecular weight is 174 g/mol. The Morgan fingerprint density at radius 2 is 2.45 bits per heavy atom. The monoisotopic (exact) mass is 174 g/mol. The first-order valence-electron chi connectivity index (χ1n) is 3.18. The van der Waals surface area contributed by atoms with Crippen LogP contribution in [0.4, 0.5) is 0 Å². The third-order valence-corrected chi connectivity index (χ3v) is 2.10. The van der Waals surface area contributed by atoms with Gasteiger partial charge in [0.1, 0.15) is 11.5 Å². The molecule has 62 valence electrons. The molecule has 5 heteroatoms. The summed E-state index contributed by atoms with van der Waals surface area (Å²) in [6, 6.07) is -0.373. The Morgan fingerprint density at radius 3 is 2.82 bits per heavy atom. The fourth-order valence-electron chi connectivity index (χ4n) is 0.860. The summed E-state index contributed by atoms with van der Waals surface area (Å²) in [5.41, 5.74) is -0.223. The van der Waals surface area contributed by atoms with Crippen molar-refractivity contribution in [2.24, 2.45) is 4.99 Å². The van der Waals surface area contributed by atoms with Gasteiger partial charge in [0.15, 0.2) is 0 Å². The van der Waals surface area contributed by atoms with Gasteiger partial charge in [-0.3, -0.25) is 9.89 Å². The molecule has 0 bridgehead atoms. The van der Waals surface area contributed by atoms with E-state index in [1.807, 2.05) is 0 Å². The average Bonchev–Trinajstić information content (AvgIpc) is 2.32. The minimum Gasteiger partial charge on any atom is -0.468 e. The van der Waals surface area contributed by atoms with Gasteiger partial charge in [0.05, 0.1) is 7.11 Å². The standard InChI is InChI=1S/C6H10N2O2S/c1-8-4(5(9)10-2)3-7-6(8)11/h3-4,6,11H,1-2H3. The first-order chi connectivity index (χ1) is 5.16. The molecule has 0 spiro atoms. The molecule has 0 amide bonds. The first kappa shape index (κ1) is 8.55. The Kier molecular flexibility index (Phi) is 2.51. The highest BCUT2D eigenvalue weighted by Crippen LogP contribution is 2.13. The molecule has 0 aliphatic carbocycles. The molecule has 11 heavy (non-hydrogen) atoms. The first-order valence-corrected chi connectivity index (χ1v) is 3.69. The van der Waals surface area contributed by atoms with Crippen LogP contribution in [0.3, 0.4) is 0 Å². The van der Waals surface area contributed by atoms with E-state index in [0.29, 0.717) is 0 Å². The molecule has 1 rings (SSSR count). The number of hydrogen-bond donors (Lipinski definition) is 1. The lowest BCUT2D eigenvalue weighted by atomic mass is 10.3. The van der Waals surface area contributed by atoms with Crippen molar-refractivity contribution in [3.05, 3.63) is 0 Å². The van der Waals surface area contributed by atoms with E-state index in [-0.39, 0.29) is 17.5 Å². The molecule has 0 radical (unpaired) electrons. The normalized spacial score (nSPS) is 30.8. The number of hydrogen-bond acceptors (Lipinski definition) is 5. The van der Waals surface area contributed by atoms with Crippen LogP contribution in [0.15, 0.2) is 4.99 Å². The molecule has 1 aliphatic rings. The van der Waals surface area contributed by atoms with E-state index >= 15 is 0 Å². The van der Waals surface area contributed by atoms with Crippen LogP contribution in [0, 0.1) is 0 Å². The van der Waals surface area contributed by atoms with E-state index in [1.165, 1.54) is 7.11 Å². The van der Waals surface area contributed by atoms with Gasteiger partial charge in [0.2, 0.25) is 0 Å². The van der Waals surface area contributed by atoms with E-state index in [0.717, 1.165) is 0 Å². The Morgan fingerprint density at radius 1 is 1.82 bits per heavy atom. The zero-order chi connectivity index (χ0) is 8.43. The number of nitrogens with zero attached hydrogens (tertiary/aromatic N) is 2. The second kappa shape index (κ2) is 3.23. The van der Waals surface area contributed by atoms with Crippen LogP contribution in [-0.2, 0) is 9.53 Å². The number of rotatable bonds is 1. The highest BCUT2D eigenvalue weighted by Gasteiger charge is 2.30. The molecule has 0 saturated carbocycles. The Balaban J connectivity index is 2.62. The predicted octanol–water partition coefficient (Wildman–Crippen LogP) is -0.242.